The van der Waals surface area contributed by atoms with Crippen molar-refractivity contribution in [1.82, 2.24) is 0 Å². The molecule has 3 nitrogen and oxygen atoms in total. The lowest BCUT2D eigenvalue weighted by Gasteiger charge is -2.24. The first-order valence-corrected chi connectivity index (χ1v) is 5.68. The summed E-state index contributed by atoms with van der Waals surface area (Å²) >= 11 is 0. The van der Waals surface area contributed by atoms with Gasteiger partial charge in [0, 0.05) is 0 Å². The van der Waals surface area contributed by atoms with Crippen LogP contribution in [-0.4, -0.2) is 5.78 Å². The number of benzene rings is 2. The van der Waals surface area contributed by atoms with Crippen molar-refractivity contribution < 1.29 is 4.79 Å². The molecule has 0 heterocycles. The molecule has 3 heteroatoms. The summed E-state index contributed by atoms with van der Waals surface area (Å²) in [5.41, 5.74) is -0.250. The molecule has 0 aliphatic carbocycles. The number of carbonyl (C=O) groups is 1. The molecule has 0 amide bonds. The van der Waals surface area contributed by atoms with Crippen molar-refractivity contribution in [1.29, 1.82) is 0 Å². The minimum absolute atomic E-state index is 0.282. The van der Waals surface area contributed by atoms with Gasteiger partial charge in [-0.3, -0.25) is 4.79 Å². The molecule has 0 unspecified atom stereocenters. The van der Waals surface area contributed by atoms with Crippen molar-refractivity contribution >= 4 is 5.78 Å². The summed E-state index contributed by atoms with van der Waals surface area (Å²) in [5, 5.41) is 3.16. The normalized spacial score (nSPS) is 10.9. The minimum atomic E-state index is -1.44. The fourth-order valence-electron chi connectivity index (χ4n) is 2.10. The average Bonchev–Trinajstić information content (AvgIpc) is 2.42. The van der Waals surface area contributed by atoms with E-state index in [1.165, 1.54) is 6.92 Å². The van der Waals surface area contributed by atoms with Gasteiger partial charge < -0.3 is 0 Å². The third-order valence-electron chi connectivity index (χ3n) is 3.03. The largest absolute Gasteiger partial charge is 0.296 e. The molecule has 0 N–H and O–H groups in total. The van der Waals surface area contributed by atoms with E-state index in [1.807, 2.05) is 12.1 Å². The van der Waals surface area contributed by atoms with E-state index in [2.05, 4.69) is 5.18 Å². The fourth-order valence-corrected chi connectivity index (χ4v) is 2.10. The van der Waals surface area contributed by atoms with Crippen LogP contribution in [0.1, 0.15) is 18.1 Å². The Morgan fingerprint density at radius 1 is 0.889 bits per heavy atom. The van der Waals surface area contributed by atoms with Gasteiger partial charge in [-0.2, -0.15) is 0 Å². The smallest absolute Gasteiger partial charge is 0.210 e. The van der Waals surface area contributed by atoms with Gasteiger partial charge >= 0.3 is 0 Å². The lowest BCUT2D eigenvalue weighted by Crippen LogP contribution is -2.32. The molecular formula is C15H13NO2. The molecule has 18 heavy (non-hydrogen) atoms. The van der Waals surface area contributed by atoms with Gasteiger partial charge in [0.25, 0.3) is 0 Å². The van der Waals surface area contributed by atoms with E-state index >= 15 is 0 Å². The lowest BCUT2D eigenvalue weighted by atomic mass is 9.81. The predicted octanol–water partition coefficient (Wildman–Crippen LogP) is 3.29. The van der Waals surface area contributed by atoms with Crippen LogP contribution in [-0.2, 0) is 10.3 Å². The molecule has 0 fully saturated rings. The summed E-state index contributed by atoms with van der Waals surface area (Å²) in [6.07, 6.45) is 0. The summed E-state index contributed by atoms with van der Waals surface area (Å²) in [6, 6.07) is 17.8. The van der Waals surface area contributed by atoms with Gasteiger partial charge in [-0.15, -0.1) is 4.91 Å². The Morgan fingerprint density at radius 2 is 1.28 bits per heavy atom. The van der Waals surface area contributed by atoms with E-state index in [4.69, 9.17) is 0 Å². The Labute approximate surface area is 105 Å². The van der Waals surface area contributed by atoms with Crippen molar-refractivity contribution in [2.45, 2.75) is 12.5 Å². The van der Waals surface area contributed by atoms with Crippen LogP contribution >= 0.6 is 0 Å². The lowest BCUT2D eigenvalue weighted by molar-refractivity contribution is -0.120. The number of rotatable bonds is 4. The Hall–Kier alpha value is -2.29. The molecule has 0 saturated carbocycles. The second-order valence-corrected chi connectivity index (χ2v) is 4.09. The van der Waals surface area contributed by atoms with E-state index < -0.39 is 5.54 Å². The van der Waals surface area contributed by atoms with Gasteiger partial charge in [0.1, 0.15) is 0 Å². The zero-order valence-electron chi connectivity index (χ0n) is 10.0. The summed E-state index contributed by atoms with van der Waals surface area (Å²) < 4.78 is 0. The molecule has 0 bridgehead atoms. The second-order valence-electron chi connectivity index (χ2n) is 4.09. The molecule has 0 saturated heterocycles. The maximum Gasteiger partial charge on any atom is 0.210 e. The number of ketones is 1. The monoisotopic (exact) mass is 239 g/mol. The van der Waals surface area contributed by atoms with Crippen LogP contribution in [0.4, 0.5) is 0 Å². The van der Waals surface area contributed by atoms with Gasteiger partial charge in [-0.1, -0.05) is 60.7 Å². The van der Waals surface area contributed by atoms with E-state index in [9.17, 15) is 9.70 Å². The molecular weight excluding hydrogens is 226 g/mol. The second kappa shape index (κ2) is 4.92. The molecule has 2 aromatic carbocycles. The Bertz CT molecular complexity index is 510. The highest BCUT2D eigenvalue weighted by atomic mass is 16.3. The summed E-state index contributed by atoms with van der Waals surface area (Å²) in [5.74, 6) is -0.282. The average molecular weight is 239 g/mol. The van der Waals surface area contributed by atoms with Crippen LogP contribution in [0.25, 0.3) is 0 Å². The molecule has 0 spiro atoms. The summed E-state index contributed by atoms with van der Waals surface area (Å²) in [4.78, 5) is 23.4. The Morgan fingerprint density at radius 3 is 1.56 bits per heavy atom. The highest BCUT2D eigenvalue weighted by Crippen LogP contribution is 2.34. The first kappa shape index (κ1) is 12.2. The molecule has 0 aromatic heterocycles. The van der Waals surface area contributed by atoms with Crippen LogP contribution in [0.5, 0.6) is 0 Å². The van der Waals surface area contributed by atoms with Gasteiger partial charge in [0.2, 0.25) is 5.54 Å². The van der Waals surface area contributed by atoms with Crippen LogP contribution < -0.4 is 0 Å². The van der Waals surface area contributed by atoms with Crippen molar-refractivity contribution in [3.63, 3.8) is 0 Å². The van der Waals surface area contributed by atoms with E-state index in [-0.39, 0.29) is 5.78 Å². The van der Waals surface area contributed by atoms with Crippen molar-refractivity contribution in [2.24, 2.45) is 5.18 Å². The van der Waals surface area contributed by atoms with Crippen LogP contribution in [0.3, 0.4) is 0 Å². The third-order valence-corrected chi connectivity index (χ3v) is 3.03. The first-order valence-electron chi connectivity index (χ1n) is 5.68. The van der Waals surface area contributed by atoms with Crippen molar-refractivity contribution in [3.8, 4) is 0 Å². The zero-order valence-corrected chi connectivity index (χ0v) is 10.0. The summed E-state index contributed by atoms with van der Waals surface area (Å²) in [7, 11) is 0. The Balaban J connectivity index is 2.69. The van der Waals surface area contributed by atoms with E-state index in [1.54, 1.807) is 48.5 Å². The standard InChI is InChI=1S/C15H13NO2/c1-12(17)15(16-18,13-8-4-2-5-9-13)14-10-6-3-7-11-14/h2-11H,1H3. The highest BCUT2D eigenvalue weighted by Gasteiger charge is 2.41. The fraction of sp³-hybridized carbons (Fsp3) is 0.133. The molecule has 0 radical (unpaired) electrons. The van der Waals surface area contributed by atoms with Crippen LogP contribution in [0, 0.1) is 4.91 Å². The van der Waals surface area contributed by atoms with Gasteiger partial charge in [-0.05, 0) is 23.2 Å². The van der Waals surface area contributed by atoms with Crippen molar-refractivity contribution in [3.05, 3.63) is 76.7 Å². The van der Waals surface area contributed by atoms with Gasteiger partial charge in [0.05, 0.1) is 0 Å². The van der Waals surface area contributed by atoms with Gasteiger partial charge in [0.15, 0.2) is 5.78 Å². The quantitative estimate of drug-likeness (QED) is 0.768. The van der Waals surface area contributed by atoms with E-state index in [0.717, 1.165) is 0 Å². The molecule has 0 aliphatic rings. The number of nitroso groups, excluding NO2 is 1. The molecule has 2 rings (SSSR count). The van der Waals surface area contributed by atoms with Gasteiger partial charge in [-0.25, -0.2) is 0 Å². The number of carbonyl (C=O) groups excluding carboxylic acids is 1. The third kappa shape index (κ3) is 1.84. The predicted molar refractivity (Wildman–Crippen MR) is 70.1 cm³/mol. The summed E-state index contributed by atoms with van der Waals surface area (Å²) in [6.45, 7) is 1.39. The van der Waals surface area contributed by atoms with E-state index in [0.29, 0.717) is 11.1 Å². The highest BCUT2D eigenvalue weighted by molar-refractivity contribution is 5.91. The molecule has 0 atom stereocenters. The molecule has 0 aliphatic heterocycles. The first-order chi connectivity index (χ1) is 8.71. The number of hydrogen-bond acceptors (Lipinski definition) is 3. The number of nitrogens with zero attached hydrogens (tertiary/aromatic N) is 1. The van der Waals surface area contributed by atoms with Crippen LogP contribution in [0.15, 0.2) is 65.8 Å². The van der Waals surface area contributed by atoms with Crippen molar-refractivity contribution in [2.75, 3.05) is 0 Å². The maximum atomic E-state index is 12.0. The van der Waals surface area contributed by atoms with Crippen LogP contribution in [0.2, 0.25) is 0 Å². The zero-order chi connectivity index (χ0) is 13.0. The number of hydrogen-bond donors (Lipinski definition) is 0. The minimum Gasteiger partial charge on any atom is -0.296 e. The molecule has 90 valence electrons. The maximum absolute atomic E-state index is 12.0. The molecule has 2 aromatic rings. The SMILES string of the molecule is CC(=O)C(N=O)(c1ccccc1)c1ccccc1. The topological polar surface area (TPSA) is 46.5 Å². The number of Topliss-reactive ketones (excluding diaryl/α,β-unsaturated/α-hetero) is 1. The Kier molecular flexibility index (Phi) is 3.33.